The number of carboxylic acid groups (broad SMARTS) is 1. The monoisotopic (exact) mass is 269 g/mol. The van der Waals surface area contributed by atoms with E-state index in [1.807, 2.05) is 19.1 Å². The molecule has 4 nitrogen and oxygen atoms in total. The molecule has 98 valence electrons. The number of rotatable bonds is 4. The van der Waals surface area contributed by atoms with Gasteiger partial charge in [-0.2, -0.15) is 0 Å². The fourth-order valence-electron chi connectivity index (χ4n) is 1.31. The van der Waals surface area contributed by atoms with Crippen molar-refractivity contribution in [1.82, 2.24) is 5.32 Å². The molecule has 0 heterocycles. The molecule has 0 aliphatic rings. The van der Waals surface area contributed by atoms with E-state index < -0.39 is 22.8 Å². The Morgan fingerprint density at radius 3 is 2.22 bits per heavy atom. The van der Waals surface area contributed by atoms with Crippen molar-refractivity contribution >= 4 is 23.5 Å². The van der Waals surface area contributed by atoms with Gasteiger partial charge in [0.2, 0.25) is 5.91 Å². The van der Waals surface area contributed by atoms with E-state index in [0.717, 1.165) is 5.56 Å². The summed E-state index contributed by atoms with van der Waals surface area (Å²) in [4.78, 5) is 22.7. The maximum absolute atomic E-state index is 11.8. The number of carbonyl (C=O) groups excluding carboxylic acids is 1. The summed E-state index contributed by atoms with van der Waals surface area (Å²) in [7, 11) is 0. The molecule has 18 heavy (non-hydrogen) atoms. The van der Waals surface area contributed by atoms with Crippen LogP contribution in [0.3, 0.4) is 0 Å². The van der Waals surface area contributed by atoms with Gasteiger partial charge in [0.05, 0.1) is 0 Å². The van der Waals surface area contributed by atoms with Crippen molar-refractivity contribution in [1.29, 1.82) is 0 Å². The number of aliphatic carboxylic acids is 1. The van der Waals surface area contributed by atoms with Crippen molar-refractivity contribution in [2.24, 2.45) is 0 Å². The number of nitrogens with one attached hydrogen (secondary N) is 1. The average molecular weight is 270 g/mol. The van der Waals surface area contributed by atoms with E-state index in [2.05, 4.69) is 5.32 Å². The molecular formula is C13H16ClNO3. The van der Waals surface area contributed by atoms with Gasteiger partial charge in [0.15, 0.2) is 0 Å². The Kier molecular flexibility index (Phi) is 4.35. The molecule has 0 radical (unpaired) electrons. The molecular weight excluding hydrogens is 254 g/mol. The number of carbonyl (C=O) groups is 2. The molecule has 1 aromatic carbocycles. The molecule has 0 aliphatic heterocycles. The van der Waals surface area contributed by atoms with Crippen LogP contribution in [0.1, 0.15) is 30.4 Å². The second-order valence-corrected chi connectivity index (χ2v) is 5.13. The van der Waals surface area contributed by atoms with Gasteiger partial charge in [-0.15, -0.1) is 11.6 Å². The Hall–Kier alpha value is -1.55. The molecule has 0 saturated carbocycles. The highest BCUT2D eigenvalue weighted by Gasteiger charge is 2.31. The minimum Gasteiger partial charge on any atom is -0.480 e. The van der Waals surface area contributed by atoms with Gasteiger partial charge in [-0.1, -0.05) is 29.8 Å². The fourth-order valence-corrected chi connectivity index (χ4v) is 1.51. The van der Waals surface area contributed by atoms with Crippen LogP contribution in [0, 0.1) is 6.92 Å². The molecule has 0 bridgehead atoms. The second kappa shape index (κ2) is 5.40. The van der Waals surface area contributed by atoms with Crippen molar-refractivity contribution in [2.45, 2.75) is 31.7 Å². The van der Waals surface area contributed by atoms with Crippen molar-refractivity contribution in [2.75, 3.05) is 0 Å². The minimum atomic E-state index is -1.34. The van der Waals surface area contributed by atoms with Crippen molar-refractivity contribution in [3.05, 3.63) is 35.4 Å². The third-order valence-corrected chi connectivity index (χ3v) is 3.02. The topological polar surface area (TPSA) is 66.4 Å². The van der Waals surface area contributed by atoms with Gasteiger partial charge in [0.1, 0.15) is 10.9 Å². The van der Waals surface area contributed by atoms with Gasteiger partial charge in [-0.25, -0.2) is 4.79 Å². The average Bonchev–Trinajstić information content (AvgIpc) is 2.28. The van der Waals surface area contributed by atoms with Crippen LogP contribution >= 0.6 is 11.6 Å². The number of halogens is 1. The molecule has 1 aromatic rings. The highest BCUT2D eigenvalue weighted by atomic mass is 35.5. The first kappa shape index (κ1) is 14.5. The van der Waals surface area contributed by atoms with Crippen LogP contribution in [0.15, 0.2) is 24.3 Å². The zero-order valence-corrected chi connectivity index (χ0v) is 11.3. The van der Waals surface area contributed by atoms with Crippen LogP contribution in [0.2, 0.25) is 0 Å². The van der Waals surface area contributed by atoms with Crippen LogP contribution in [0.25, 0.3) is 0 Å². The summed E-state index contributed by atoms with van der Waals surface area (Å²) in [5, 5.41) is 10.4. The maximum atomic E-state index is 11.8. The third kappa shape index (κ3) is 3.47. The molecule has 0 spiro atoms. The first-order valence-corrected chi connectivity index (χ1v) is 5.94. The standard InChI is InChI=1S/C13H16ClNO3/c1-8-4-6-9(7-5-8)10(14)11(16)15-13(2,3)12(17)18/h4-7,10H,1-3H3,(H,15,16)(H,17,18). The summed E-state index contributed by atoms with van der Waals surface area (Å²) in [5.41, 5.74) is 0.365. The van der Waals surface area contributed by atoms with E-state index in [4.69, 9.17) is 16.7 Å². The number of alkyl halides is 1. The molecule has 0 aliphatic carbocycles. The zero-order valence-electron chi connectivity index (χ0n) is 10.5. The SMILES string of the molecule is Cc1ccc(C(Cl)C(=O)NC(C)(C)C(=O)O)cc1. The Bertz CT molecular complexity index is 454. The Morgan fingerprint density at radius 2 is 1.78 bits per heavy atom. The predicted octanol–water partition coefficient (Wildman–Crippen LogP) is 2.25. The number of benzene rings is 1. The van der Waals surface area contributed by atoms with E-state index >= 15 is 0 Å². The highest BCUT2D eigenvalue weighted by molar-refractivity contribution is 6.31. The number of aryl methyl sites for hydroxylation is 1. The van der Waals surface area contributed by atoms with Crippen molar-refractivity contribution in [3.8, 4) is 0 Å². The number of carboxylic acids is 1. The first-order valence-electron chi connectivity index (χ1n) is 5.50. The van der Waals surface area contributed by atoms with Crippen LogP contribution in [-0.2, 0) is 9.59 Å². The van der Waals surface area contributed by atoms with Gasteiger partial charge in [-0.3, -0.25) is 4.79 Å². The lowest BCUT2D eigenvalue weighted by Crippen LogP contribution is -2.50. The molecule has 1 atom stereocenters. The van der Waals surface area contributed by atoms with Crippen LogP contribution in [0.5, 0.6) is 0 Å². The molecule has 1 rings (SSSR count). The molecule has 0 saturated heterocycles. The van der Waals surface area contributed by atoms with Crippen LogP contribution in [-0.4, -0.2) is 22.5 Å². The van der Waals surface area contributed by atoms with E-state index in [1.165, 1.54) is 13.8 Å². The summed E-state index contributed by atoms with van der Waals surface area (Å²) in [6.45, 7) is 4.75. The highest BCUT2D eigenvalue weighted by Crippen LogP contribution is 2.22. The number of hydrogen-bond donors (Lipinski definition) is 2. The van der Waals surface area contributed by atoms with Gasteiger partial charge >= 0.3 is 5.97 Å². The summed E-state index contributed by atoms with van der Waals surface area (Å²) >= 11 is 6.01. The minimum absolute atomic E-state index is 0.520. The lowest BCUT2D eigenvalue weighted by molar-refractivity contribution is -0.146. The maximum Gasteiger partial charge on any atom is 0.328 e. The van der Waals surface area contributed by atoms with Gasteiger partial charge in [0, 0.05) is 0 Å². The smallest absolute Gasteiger partial charge is 0.328 e. The summed E-state index contributed by atoms with van der Waals surface area (Å²) < 4.78 is 0. The van der Waals surface area contributed by atoms with E-state index in [9.17, 15) is 9.59 Å². The quantitative estimate of drug-likeness (QED) is 0.824. The van der Waals surface area contributed by atoms with E-state index in [1.54, 1.807) is 12.1 Å². The van der Waals surface area contributed by atoms with Crippen molar-refractivity contribution < 1.29 is 14.7 Å². The molecule has 5 heteroatoms. The summed E-state index contributed by atoms with van der Waals surface area (Å²) in [6, 6.07) is 7.20. The predicted molar refractivity (Wildman–Crippen MR) is 69.6 cm³/mol. The Morgan fingerprint density at radius 1 is 1.28 bits per heavy atom. The van der Waals surface area contributed by atoms with Crippen LogP contribution < -0.4 is 5.32 Å². The Labute approximate surface area is 111 Å². The van der Waals surface area contributed by atoms with Crippen molar-refractivity contribution in [3.63, 3.8) is 0 Å². The lowest BCUT2D eigenvalue weighted by atomic mass is 10.0. The van der Waals surface area contributed by atoms with Crippen LogP contribution in [0.4, 0.5) is 0 Å². The second-order valence-electron chi connectivity index (χ2n) is 4.69. The normalized spacial score (nSPS) is 12.9. The molecule has 0 fully saturated rings. The summed E-state index contributed by atoms with van der Waals surface area (Å²) in [6.07, 6.45) is 0. The van der Waals surface area contributed by atoms with Gasteiger partial charge < -0.3 is 10.4 Å². The molecule has 1 unspecified atom stereocenters. The van der Waals surface area contributed by atoms with E-state index in [-0.39, 0.29) is 0 Å². The number of amides is 1. The third-order valence-electron chi connectivity index (χ3n) is 2.57. The first-order chi connectivity index (χ1) is 8.24. The van der Waals surface area contributed by atoms with E-state index in [0.29, 0.717) is 5.56 Å². The van der Waals surface area contributed by atoms with Gasteiger partial charge in [-0.05, 0) is 26.3 Å². The van der Waals surface area contributed by atoms with Gasteiger partial charge in [0.25, 0.3) is 0 Å². The Balaban J connectivity index is 2.79. The molecule has 2 N–H and O–H groups in total. The number of hydrogen-bond acceptors (Lipinski definition) is 2. The molecule has 0 aromatic heterocycles. The zero-order chi connectivity index (χ0) is 13.9. The fraction of sp³-hybridized carbons (Fsp3) is 0.385. The molecule has 1 amide bonds. The lowest BCUT2D eigenvalue weighted by Gasteiger charge is -2.22. The summed E-state index contributed by atoms with van der Waals surface area (Å²) in [5.74, 6) is -1.63. The largest absolute Gasteiger partial charge is 0.480 e.